The first-order valence-corrected chi connectivity index (χ1v) is 69.6. The van der Waals surface area contributed by atoms with Crippen molar-refractivity contribution in [2.45, 2.75) is 192 Å². The van der Waals surface area contributed by atoms with Gasteiger partial charge in [0.1, 0.15) is 58.1 Å². The first kappa shape index (κ1) is 120. The Morgan fingerprint density at radius 3 is 1.08 bits per heavy atom. The number of carbonyl (C=O) groups excluding carboxylic acids is 9. The Morgan fingerprint density at radius 2 is 0.750 bits per heavy atom. The zero-order valence-electron chi connectivity index (χ0n) is 67.6. The van der Waals surface area contributed by atoms with Crippen LogP contribution in [0.5, 0.6) is 0 Å². The number of Topliss-reactive ketones (excluding diaryl/α,β-unsaturated/α-hetero) is 4. The summed E-state index contributed by atoms with van der Waals surface area (Å²) in [4.78, 5) is 170. The molecule has 0 aliphatic carbocycles. The number of hydrogen-bond donors (Lipinski definition) is 10. The van der Waals surface area contributed by atoms with Crippen LogP contribution in [0.4, 0.5) is 0 Å². The van der Waals surface area contributed by atoms with Gasteiger partial charge in [-0.3, -0.25) is 53.0 Å². The molecule has 124 heavy (non-hydrogen) atoms. The fourth-order valence-corrected chi connectivity index (χ4v) is 22.1. The topological polar surface area (TPSA) is 486 Å². The van der Waals surface area contributed by atoms with Crippen molar-refractivity contribution in [2.24, 2.45) is 46.4 Å². The molecule has 0 aromatic heterocycles. The molecule has 8 fully saturated rings. The molecule has 4 aromatic carbocycles. The number of rotatable bonds is 19. The molecule has 16 atom stereocenters. The second-order valence-corrected chi connectivity index (χ2v) is 84.3. The van der Waals surface area contributed by atoms with Crippen LogP contribution in [-0.2, 0) is 87.9 Å². The van der Waals surface area contributed by atoms with E-state index >= 15 is 0 Å². The van der Waals surface area contributed by atoms with Crippen molar-refractivity contribution >= 4 is 302 Å². The van der Waals surface area contributed by atoms with Gasteiger partial charge in [-0.2, -0.15) is 0 Å². The second-order valence-electron chi connectivity index (χ2n) is 29.6. The number of amides is 5. The summed E-state index contributed by atoms with van der Waals surface area (Å²) in [6, 6.07) is 31.4. The molecule has 14 rings (SSSR count). The van der Waals surface area contributed by atoms with Crippen LogP contribution in [0.15, 0.2) is 144 Å². The predicted octanol–water partition coefficient (Wildman–Crippen LogP) is 14.2. The zero-order chi connectivity index (χ0) is 89.5. The van der Waals surface area contributed by atoms with Gasteiger partial charge >= 0.3 is 144 Å². The van der Waals surface area contributed by atoms with Crippen molar-refractivity contribution in [3.8, 4) is 0 Å². The molecule has 10 aliphatic heterocycles. The van der Waals surface area contributed by atoms with Gasteiger partial charge in [-0.15, -0.1) is 82.8 Å². The van der Waals surface area contributed by atoms with Crippen LogP contribution >= 0.6 is 220 Å². The number of carboxylic acid groups (broad SMARTS) is 5. The monoisotopic (exact) mass is 2790 g/mol. The number of hydrogen-bond acceptors (Lipinski definition) is 24. The van der Waals surface area contributed by atoms with E-state index in [-0.39, 0.29) is 175 Å². The van der Waals surface area contributed by atoms with Crippen molar-refractivity contribution < 1.29 is 107 Å². The molecule has 8 saturated heterocycles. The number of nitrogens with zero attached hydrogens (tertiary/aromatic N) is 5. The number of carbonyl (C=O) groups is 14. The summed E-state index contributed by atoms with van der Waals surface area (Å²) >= 11 is 23.8. The second kappa shape index (κ2) is 54.0. The number of fused-ring (bicyclic) bond motifs is 5. The van der Waals surface area contributed by atoms with Crippen molar-refractivity contribution in [3.05, 3.63) is 181 Å². The Hall–Kier alpha value is -1.70. The predicted molar refractivity (Wildman–Crippen MR) is 554 cm³/mol. The van der Waals surface area contributed by atoms with E-state index in [2.05, 4.69) is 137 Å². The fraction of sp³-hybridized carbons (Fsp3) is 0.450. The molecule has 10 heterocycles. The average molecular weight is 2790 g/mol. The van der Waals surface area contributed by atoms with Crippen LogP contribution in [0.25, 0.3) is 0 Å². The summed E-state index contributed by atoms with van der Waals surface area (Å²) in [5.41, 5.74) is 33.5. The summed E-state index contributed by atoms with van der Waals surface area (Å²) in [6.45, 7) is 15.9. The van der Waals surface area contributed by atoms with Gasteiger partial charge in [0.2, 0.25) is 29.5 Å². The molecule has 10 aliphatic rings. The summed E-state index contributed by atoms with van der Waals surface area (Å²) in [5, 5.41) is 45.0. The number of carboxylic acids is 5. The van der Waals surface area contributed by atoms with Crippen LogP contribution in [0.3, 0.4) is 0 Å². The number of nitrogens with two attached hydrogens (primary N) is 5. The standard InChI is InChI=1S/C17H20N2O4S.C17H18N2O4S.C17H19NO4S.C9H11NO.C8H12N2O3S.C8H10N2O3S.2CH4.2CH3.I2.6HI.2V/c1-17(2)13(16(22)23)19-14(21)10(15(19)24-17)8-11(20)12(18)9-6-4-3-5-7-9;1-9-8-24-16-11(15(21)19(16)14(9)17(22)23)7-12(20)13(18)10-5-3-2-4-6-10;1-17(2)13(16(21)22)18-14(20)12(15(18)23-17)9-11(19)8-10-6-4-3-5-7-10;1-7(11)9(10)8-5-3-2-4-6-8;1-8(2)4(7(12)13)10-5(11)3(9)6(10)14-8;1-3-2-14-7-4(9)6(11)10(7)5(3)8(12)13;;;;;1-2;;;;;;;;/h3-7,10,12-13,15H,8,18H2,1-2H3,(H,22,23);2-6,11,13,16H,7-8,18H2,1H3,(H,22,23);3-7,12-13,15H,8-9H2,1-2H3,(H,21,22);2-6,9H,10H2,1H3;3-4,6H,9H2,1-2H3,(H,12,13);4,7H,2,9H2,1H3,(H,12,13);2*1H4;2*1H3;;6*1H;;/q;;;;;;;;2*-1;;;;;;;;+2;+3/p-5/t10-,12-,13+,15?;11-,13-,16?;12-,13+,15?;9-;3-,4+,6?;;;;;;;;;;;;;;/m11101............../s1. The Balaban J connectivity index is 0.000000736. The molecule has 6 unspecified atom stereocenters. The Morgan fingerprint density at radius 1 is 0.468 bits per heavy atom. The number of aliphatic carboxylic acids is 5. The van der Waals surface area contributed by atoms with E-state index in [1.54, 1.807) is 38.1 Å². The minimum absolute atomic E-state index is 0. The van der Waals surface area contributed by atoms with Crippen LogP contribution < -0.4 is 28.7 Å². The van der Waals surface area contributed by atoms with Gasteiger partial charge in [-0.25, -0.2) is 24.0 Å². The SMILES string of the molecule is C.C.CC(=O)[C@H](N)c1ccccc1.CC1(C)SC2[C@H](CC(=O)Cc3ccccc3)C(=O)N2[C@H]1C(=O)O.CC1(C)SC2[C@H](CC(=O)[C@H](N)c3ccccc3)C(=O)N2[C@H]1C(=O)O.CC1(C)SC2[C@H](N)C(=O)N2[C@H]1C(=O)O.CC1=C(C(=O)O)N2C(=O)C(N)C2SC1.CC1=C(C(=O)O)N2C(=O)[C@@H](CC(=O)[C@H](N)c3ccccc3)C2SC1.I.II.[CH3-].[CH3-].[I][V]([I])[I].[I][V][I]. The molecule has 29 nitrogen and oxygen atoms in total. The molecule has 687 valence electrons. The van der Waals surface area contributed by atoms with Crippen molar-refractivity contribution in [2.75, 3.05) is 11.5 Å². The quantitative estimate of drug-likeness (QED) is 0.0237. The molecular weight excluding hydrogens is 2680 g/mol. The molecule has 15 N–H and O–H groups in total. The van der Waals surface area contributed by atoms with Crippen LogP contribution in [0, 0.1) is 32.6 Å². The fourth-order valence-electron chi connectivity index (χ4n) is 14.6. The molecule has 0 bridgehead atoms. The van der Waals surface area contributed by atoms with E-state index in [1.807, 2.05) is 139 Å². The van der Waals surface area contributed by atoms with E-state index < -0.39 is 104 Å². The van der Waals surface area contributed by atoms with E-state index in [0.29, 0.717) is 44.1 Å². The zero-order valence-corrected chi connectivity index (χ0v) is 91.9. The number of benzene rings is 4. The molecule has 5 amide bonds. The van der Waals surface area contributed by atoms with Crippen LogP contribution in [0.2, 0.25) is 0 Å². The third kappa shape index (κ3) is 29.4. The first-order chi connectivity index (χ1) is 55.7. The van der Waals surface area contributed by atoms with E-state index in [1.165, 1.54) is 90.2 Å². The van der Waals surface area contributed by atoms with Gasteiger partial charge in [0.15, 0.2) is 17.3 Å². The summed E-state index contributed by atoms with van der Waals surface area (Å²) in [7, 11) is 0.628. The summed E-state index contributed by atoms with van der Waals surface area (Å²) in [5.74, 6) is -6.99. The minimum atomic E-state index is -1.10. The van der Waals surface area contributed by atoms with E-state index in [0.717, 1.165) is 16.7 Å². The Labute approximate surface area is 853 Å². The number of halogens is 8. The molecule has 0 radical (unpaired) electrons. The van der Waals surface area contributed by atoms with Crippen LogP contribution in [0.1, 0.15) is 137 Å². The number of β-lactam (4-membered cyclic amide) rings is 5. The molecule has 4 aromatic rings. The first-order valence-electron chi connectivity index (χ1n) is 36.0. The number of thioether (sulfide) groups is 5. The number of ketones is 4. The van der Waals surface area contributed by atoms with Crippen molar-refractivity contribution in [1.29, 1.82) is 0 Å². The summed E-state index contributed by atoms with van der Waals surface area (Å²) in [6.07, 6.45) is 0.582. The van der Waals surface area contributed by atoms with Gasteiger partial charge in [0.05, 0.1) is 52.0 Å². The van der Waals surface area contributed by atoms with E-state index in [4.69, 9.17) is 38.9 Å². The normalized spacial score (nSPS) is 25.0. The third-order valence-electron chi connectivity index (χ3n) is 20.3. The average Bonchev–Trinajstić information content (AvgIpc) is 1.50. The van der Waals surface area contributed by atoms with Gasteiger partial charge in [0.25, 0.3) is 0 Å². The Kier molecular flexibility index (Phi) is 52.4. The van der Waals surface area contributed by atoms with Gasteiger partial charge in [-0.1, -0.05) is 136 Å². The van der Waals surface area contributed by atoms with Gasteiger partial charge in [0, 0.05) is 88.7 Å². The van der Waals surface area contributed by atoms with Crippen LogP contribution in [-0.4, -0.2) is 215 Å². The van der Waals surface area contributed by atoms with Crippen molar-refractivity contribution in [1.82, 2.24) is 24.5 Å². The van der Waals surface area contributed by atoms with E-state index in [9.17, 15) is 82.4 Å². The maximum atomic E-state index is 12.4. The Bertz CT molecular complexity index is 4500. The summed E-state index contributed by atoms with van der Waals surface area (Å²) < 4.78 is -1.57. The van der Waals surface area contributed by atoms with Gasteiger partial charge < -0.3 is 83.8 Å². The molecular formula is C80H105I8N10O19S5V2-2. The molecule has 44 heteroatoms. The molecule has 0 spiro atoms. The van der Waals surface area contributed by atoms with Crippen molar-refractivity contribution in [3.63, 3.8) is 0 Å². The third-order valence-corrected chi connectivity index (χ3v) is 28.1. The van der Waals surface area contributed by atoms with Gasteiger partial charge in [-0.05, 0) is 95.7 Å². The molecule has 0 saturated carbocycles. The maximum absolute atomic E-state index is 12.4.